The first kappa shape index (κ1) is 23.2. The van der Waals surface area contributed by atoms with Crippen molar-refractivity contribution < 1.29 is 39.3 Å². The molecular formula is C13H23N5O8. The standard InChI is InChI=1S/C13H23N5O8/c1-5(20)10(12(24)17-6(13(25)26)2-8(15)21)18-11(23)7(4-19)16-9(22)3-14/h5-7,10,19-20H,2-4,14H2,1H3,(H2,15,21)(H,16,22)(H,17,24)(H,18,23)(H,25,26). The van der Waals surface area contributed by atoms with Gasteiger partial charge in [-0.15, -0.1) is 0 Å². The van der Waals surface area contributed by atoms with E-state index >= 15 is 0 Å². The van der Waals surface area contributed by atoms with Crippen LogP contribution in [0.1, 0.15) is 13.3 Å². The molecule has 0 aliphatic rings. The predicted molar refractivity (Wildman–Crippen MR) is 85.1 cm³/mol. The second-order valence-electron chi connectivity index (χ2n) is 5.30. The number of primary amides is 1. The number of aliphatic hydroxyl groups excluding tert-OH is 2. The summed E-state index contributed by atoms with van der Waals surface area (Å²) in [5, 5.41) is 33.9. The van der Waals surface area contributed by atoms with Gasteiger partial charge in [-0.2, -0.15) is 0 Å². The lowest BCUT2D eigenvalue weighted by molar-refractivity contribution is -0.144. The summed E-state index contributed by atoms with van der Waals surface area (Å²) in [5.74, 6) is -5.40. The lowest BCUT2D eigenvalue weighted by Gasteiger charge is -2.25. The first-order valence-corrected chi connectivity index (χ1v) is 7.43. The third kappa shape index (κ3) is 7.87. The van der Waals surface area contributed by atoms with E-state index in [4.69, 9.17) is 21.7 Å². The molecule has 148 valence electrons. The highest BCUT2D eigenvalue weighted by Gasteiger charge is 2.32. The SMILES string of the molecule is CC(O)C(NC(=O)C(CO)NC(=O)CN)C(=O)NC(CC(N)=O)C(=O)O. The number of carbonyl (C=O) groups excluding carboxylic acids is 4. The van der Waals surface area contributed by atoms with Gasteiger partial charge in [-0.05, 0) is 6.92 Å². The summed E-state index contributed by atoms with van der Waals surface area (Å²) >= 11 is 0. The van der Waals surface area contributed by atoms with E-state index in [1.165, 1.54) is 0 Å². The Balaban J connectivity index is 5.12. The van der Waals surface area contributed by atoms with Crippen molar-refractivity contribution in [1.82, 2.24) is 16.0 Å². The number of amides is 4. The van der Waals surface area contributed by atoms with Gasteiger partial charge in [0, 0.05) is 0 Å². The summed E-state index contributed by atoms with van der Waals surface area (Å²) in [6.45, 7) is -0.122. The van der Waals surface area contributed by atoms with E-state index in [-0.39, 0.29) is 0 Å². The minimum absolute atomic E-state index is 0.447. The average molecular weight is 377 g/mol. The van der Waals surface area contributed by atoms with Crippen LogP contribution in [-0.4, -0.2) is 82.3 Å². The summed E-state index contributed by atoms with van der Waals surface area (Å²) in [6.07, 6.45) is -2.17. The second kappa shape index (κ2) is 11.0. The molecule has 0 radical (unpaired) electrons. The van der Waals surface area contributed by atoms with Gasteiger partial charge in [-0.1, -0.05) is 0 Å². The van der Waals surface area contributed by atoms with Gasteiger partial charge in [0.15, 0.2) is 0 Å². The van der Waals surface area contributed by atoms with Gasteiger partial charge < -0.3 is 42.7 Å². The van der Waals surface area contributed by atoms with Gasteiger partial charge >= 0.3 is 5.97 Å². The molecule has 0 heterocycles. The van der Waals surface area contributed by atoms with Crippen LogP contribution >= 0.6 is 0 Å². The van der Waals surface area contributed by atoms with E-state index in [0.29, 0.717) is 0 Å². The van der Waals surface area contributed by atoms with Gasteiger partial charge in [0.05, 0.1) is 25.7 Å². The number of rotatable bonds is 11. The van der Waals surface area contributed by atoms with Crippen molar-refractivity contribution in [3.05, 3.63) is 0 Å². The Morgan fingerprint density at radius 3 is 1.96 bits per heavy atom. The van der Waals surface area contributed by atoms with Crippen LogP contribution in [0.3, 0.4) is 0 Å². The topological polar surface area (TPSA) is 234 Å². The minimum Gasteiger partial charge on any atom is -0.480 e. The fourth-order valence-electron chi connectivity index (χ4n) is 1.77. The first-order valence-electron chi connectivity index (χ1n) is 7.43. The van der Waals surface area contributed by atoms with Crippen LogP contribution in [0, 0.1) is 0 Å². The van der Waals surface area contributed by atoms with Gasteiger partial charge in [-0.3, -0.25) is 19.2 Å². The minimum atomic E-state index is -1.66. The molecule has 4 unspecified atom stereocenters. The monoisotopic (exact) mass is 377 g/mol. The molecular weight excluding hydrogens is 354 g/mol. The fraction of sp³-hybridized carbons (Fsp3) is 0.615. The van der Waals surface area contributed by atoms with E-state index in [1.54, 1.807) is 0 Å². The van der Waals surface area contributed by atoms with Crippen LogP contribution in [0.2, 0.25) is 0 Å². The molecule has 4 amide bonds. The molecule has 4 atom stereocenters. The first-order chi connectivity index (χ1) is 12.0. The van der Waals surface area contributed by atoms with Crippen LogP contribution in [0.4, 0.5) is 0 Å². The molecule has 0 spiro atoms. The van der Waals surface area contributed by atoms with Gasteiger partial charge in [-0.25, -0.2) is 4.79 Å². The quantitative estimate of drug-likeness (QED) is 0.171. The maximum atomic E-state index is 12.1. The van der Waals surface area contributed by atoms with Gasteiger partial charge in [0.2, 0.25) is 23.6 Å². The zero-order chi connectivity index (χ0) is 20.4. The molecule has 0 saturated heterocycles. The largest absolute Gasteiger partial charge is 0.480 e. The molecule has 13 nitrogen and oxygen atoms in total. The van der Waals surface area contributed by atoms with Crippen LogP contribution in [0.25, 0.3) is 0 Å². The van der Waals surface area contributed by atoms with Crippen LogP contribution in [0.5, 0.6) is 0 Å². The Morgan fingerprint density at radius 2 is 1.58 bits per heavy atom. The molecule has 26 heavy (non-hydrogen) atoms. The fourth-order valence-corrected chi connectivity index (χ4v) is 1.77. The highest BCUT2D eigenvalue weighted by molar-refractivity contribution is 5.94. The Bertz CT molecular complexity index is 553. The van der Waals surface area contributed by atoms with Crippen molar-refractivity contribution in [3.63, 3.8) is 0 Å². The van der Waals surface area contributed by atoms with Crippen LogP contribution in [0.15, 0.2) is 0 Å². The number of hydrogen-bond donors (Lipinski definition) is 8. The Kier molecular flexibility index (Phi) is 9.80. The molecule has 0 aliphatic carbocycles. The van der Waals surface area contributed by atoms with E-state index in [2.05, 4.69) is 10.6 Å². The zero-order valence-corrected chi connectivity index (χ0v) is 14.0. The van der Waals surface area contributed by atoms with E-state index in [9.17, 15) is 29.1 Å². The van der Waals surface area contributed by atoms with Gasteiger partial charge in [0.25, 0.3) is 0 Å². The van der Waals surface area contributed by atoms with E-state index < -0.39 is 73.4 Å². The molecule has 10 N–H and O–H groups in total. The number of carboxylic acid groups (broad SMARTS) is 1. The molecule has 13 heteroatoms. The molecule has 0 bridgehead atoms. The zero-order valence-electron chi connectivity index (χ0n) is 14.0. The van der Waals surface area contributed by atoms with E-state index in [1.807, 2.05) is 5.32 Å². The summed E-state index contributed by atoms with van der Waals surface area (Å²) in [6, 6.07) is -4.73. The number of nitrogens with one attached hydrogen (secondary N) is 3. The number of hydrogen-bond acceptors (Lipinski definition) is 8. The van der Waals surface area contributed by atoms with Crippen LogP contribution < -0.4 is 27.4 Å². The third-order valence-corrected chi connectivity index (χ3v) is 3.10. The summed E-state index contributed by atoms with van der Waals surface area (Å²) in [4.78, 5) is 57.2. The predicted octanol–water partition coefficient (Wildman–Crippen LogP) is -5.27. The number of carbonyl (C=O) groups is 5. The number of aliphatic carboxylic acids is 1. The highest BCUT2D eigenvalue weighted by atomic mass is 16.4. The maximum Gasteiger partial charge on any atom is 0.326 e. The molecule has 0 aromatic carbocycles. The molecule has 0 aromatic rings. The maximum absolute atomic E-state index is 12.1. The molecule has 0 aliphatic heterocycles. The Labute approximate surface area is 148 Å². The van der Waals surface area contributed by atoms with Gasteiger partial charge in [0.1, 0.15) is 18.1 Å². The number of aliphatic hydroxyl groups is 2. The Hall–Kier alpha value is -2.77. The molecule has 0 aromatic heterocycles. The summed E-state index contributed by atoms with van der Waals surface area (Å²) < 4.78 is 0. The van der Waals surface area contributed by atoms with Crippen molar-refractivity contribution in [3.8, 4) is 0 Å². The Morgan fingerprint density at radius 1 is 1.00 bits per heavy atom. The normalized spacial score (nSPS) is 15.1. The number of nitrogens with two attached hydrogens (primary N) is 2. The summed E-state index contributed by atoms with van der Waals surface area (Å²) in [5.41, 5.74) is 9.96. The molecule has 0 fully saturated rings. The van der Waals surface area contributed by atoms with Crippen molar-refractivity contribution in [2.24, 2.45) is 11.5 Å². The lowest BCUT2D eigenvalue weighted by atomic mass is 10.1. The number of carboxylic acids is 1. The van der Waals surface area contributed by atoms with Crippen LogP contribution in [-0.2, 0) is 24.0 Å². The second-order valence-corrected chi connectivity index (χ2v) is 5.30. The van der Waals surface area contributed by atoms with Crippen molar-refractivity contribution in [2.75, 3.05) is 13.2 Å². The molecule has 0 saturated carbocycles. The lowest BCUT2D eigenvalue weighted by Crippen LogP contribution is -2.60. The summed E-state index contributed by atoms with van der Waals surface area (Å²) in [7, 11) is 0. The highest BCUT2D eigenvalue weighted by Crippen LogP contribution is 1.99. The van der Waals surface area contributed by atoms with Crippen molar-refractivity contribution >= 4 is 29.6 Å². The smallest absolute Gasteiger partial charge is 0.326 e. The molecule has 0 rings (SSSR count). The average Bonchev–Trinajstić information content (AvgIpc) is 2.55. The van der Waals surface area contributed by atoms with Crippen molar-refractivity contribution in [2.45, 2.75) is 37.6 Å². The van der Waals surface area contributed by atoms with E-state index in [0.717, 1.165) is 6.92 Å². The van der Waals surface area contributed by atoms with Crippen molar-refractivity contribution in [1.29, 1.82) is 0 Å². The third-order valence-electron chi connectivity index (χ3n) is 3.10.